The van der Waals surface area contributed by atoms with Crippen molar-refractivity contribution in [2.45, 2.75) is 34.1 Å². The Bertz CT molecular complexity index is 336. The Hall–Kier alpha value is -0.600. The number of thiophene rings is 1. The summed E-state index contributed by atoms with van der Waals surface area (Å²) in [5.41, 5.74) is 1.50. The van der Waals surface area contributed by atoms with E-state index in [4.69, 9.17) is 0 Å². The summed E-state index contributed by atoms with van der Waals surface area (Å²) in [6, 6.07) is 4.40. The summed E-state index contributed by atoms with van der Waals surface area (Å²) in [7, 11) is 0. The highest BCUT2D eigenvalue weighted by Crippen LogP contribution is 2.20. The minimum absolute atomic E-state index is 0.617. The van der Waals surface area contributed by atoms with Crippen LogP contribution in [-0.4, -0.2) is 13.1 Å². The highest BCUT2D eigenvalue weighted by atomic mass is 32.1. The zero-order valence-corrected chi connectivity index (χ0v) is 11.7. The molecule has 1 nitrogen and oxygen atoms in total. The molecular weight excluding hydrogens is 214 g/mol. The molecule has 1 N–H and O–H groups in total. The molecule has 16 heavy (non-hydrogen) atoms. The topological polar surface area (TPSA) is 12.0 Å². The SMILES string of the molecule is CCCNCC(=Cc1ccc(C)s1)C(C)C. The van der Waals surface area contributed by atoms with Gasteiger partial charge < -0.3 is 5.32 Å². The molecule has 0 fully saturated rings. The fraction of sp³-hybridized carbons (Fsp3) is 0.571. The Labute approximate surface area is 104 Å². The lowest BCUT2D eigenvalue weighted by atomic mass is 10.0. The molecule has 1 aromatic rings. The maximum Gasteiger partial charge on any atom is 0.0273 e. The summed E-state index contributed by atoms with van der Waals surface area (Å²) in [4.78, 5) is 2.76. The molecule has 0 spiro atoms. The van der Waals surface area contributed by atoms with E-state index < -0.39 is 0 Å². The van der Waals surface area contributed by atoms with Crippen LogP contribution in [0.25, 0.3) is 6.08 Å². The van der Waals surface area contributed by atoms with Crippen molar-refractivity contribution >= 4 is 17.4 Å². The third-order valence-corrected chi connectivity index (χ3v) is 3.53. The van der Waals surface area contributed by atoms with Crippen LogP contribution in [0.15, 0.2) is 17.7 Å². The lowest BCUT2D eigenvalue weighted by molar-refractivity contribution is 0.657. The van der Waals surface area contributed by atoms with Crippen LogP contribution in [0.2, 0.25) is 0 Å². The monoisotopic (exact) mass is 237 g/mol. The minimum atomic E-state index is 0.617. The normalized spacial score (nSPS) is 12.4. The Kier molecular flexibility index (Phi) is 5.78. The standard InChI is InChI=1S/C14H23NS/c1-5-8-15-10-13(11(2)3)9-14-7-6-12(4)16-14/h6-7,9,11,15H,5,8,10H2,1-4H3. The second-order valence-corrected chi connectivity index (χ2v) is 5.82. The summed E-state index contributed by atoms with van der Waals surface area (Å²) >= 11 is 1.87. The predicted octanol–water partition coefficient (Wildman–Crippen LogP) is 4.10. The second-order valence-electron chi connectivity index (χ2n) is 4.50. The highest BCUT2D eigenvalue weighted by molar-refractivity contribution is 7.12. The van der Waals surface area contributed by atoms with Gasteiger partial charge in [0.2, 0.25) is 0 Å². The van der Waals surface area contributed by atoms with Gasteiger partial charge in [-0.15, -0.1) is 11.3 Å². The quantitative estimate of drug-likeness (QED) is 0.735. The molecule has 0 bridgehead atoms. The van der Waals surface area contributed by atoms with Gasteiger partial charge in [-0.25, -0.2) is 0 Å². The second kappa shape index (κ2) is 6.87. The fourth-order valence-corrected chi connectivity index (χ4v) is 2.40. The van der Waals surface area contributed by atoms with Crippen LogP contribution in [0, 0.1) is 12.8 Å². The molecule has 0 atom stereocenters. The number of hydrogen-bond donors (Lipinski definition) is 1. The van der Waals surface area contributed by atoms with Crippen molar-refractivity contribution in [3.63, 3.8) is 0 Å². The Balaban J connectivity index is 2.65. The van der Waals surface area contributed by atoms with E-state index in [0.717, 1.165) is 13.1 Å². The van der Waals surface area contributed by atoms with E-state index >= 15 is 0 Å². The first kappa shape index (κ1) is 13.5. The molecule has 90 valence electrons. The molecule has 0 aliphatic heterocycles. The zero-order valence-electron chi connectivity index (χ0n) is 10.8. The molecular formula is C14H23NS. The van der Waals surface area contributed by atoms with Gasteiger partial charge in [0.1, 0.15) is 0 Å². The smallest absolute Gasteiger partial charge is 0.0273 e. The lowest BCUT2D eigenvalue weighted by Gasteiger charge is -2.12. The molecule has 0 unspecified atom stereocenters. The third-order valence-electron chi connectivity index (χ3n) is 2.59. The van der Waals surface area contributed by atoms with Gasteiger partial charge in [0.15, 0.2) is 0 Å². The maximum absolute atomic E-state index is 3.48. The van der Waals surface area contributed by atoms with E-state index in [0.29, 0.717) is 5.92 Å². The predicted molar refractivity (Wildman–Crippen MR) is 75.0 cm³/mol. The summed E-state index contributed by atoms with van der Waals surface area (Å²) < 4.78 is 0. The number of aryl methyl sites for hydroxylation is 1. The largest absolute Gasteiger partial charge is 0.313 e. The Morgan fingerprint density at radius 3 is 2.69 bits per heavy atom. The van der Waals surface area contributed by atoms with Crippen molar-refractivity contribution in [3.05, 3.63) is 27.5 Å². The van der Waals surface area contributed by atoms with Gasteiger partial charge >= 0.3 is 0 Å². The first-order chi connectivity index (χ1) is 7.63. The van der Waals surface area contributed by atoms with Crippen LogP contribution in [-0.2, 0) is 0 Å². The van der Waals surface area contributed by atoms with E-state index in [1.807, 2.05) is 11.3 Å². The van der Waals surface area contributed by atoms with Gasteiger partial charge in [0.25, 0.3) is 0 Å². The maximum atomic E-state index is 3.48. The number of hydrogen-bond acceptors (Lipinski definition) is 2. The lowest BCUT2D eigenvalue weighted by Crippen LogP contribution is -2.19. The molecule has 0 amide bonds. The van der Waals surface area contributed by atoms with Gasteiger partial charge in [-0.1, -0.05) is 26.3 Å². The average molecular weight is 237 g/mol. The van der Waals surface area contributed by atoms with Crippen molar-refractivity contribution in [1.82, 2.24) is 5.32 Å². The van der Waals surface area contributed by atoms with Gasteiger partial charge in [-0.2, -0.15) is 0 Å². The molecule has 1 rings (SSSR count). The summed E-state index contributed by atoms with van der Waals surface area (Å²) in [6.45, 7) is 11.0. The van der Waals surface area contributed by atoms with Crippen LogP contribution in [0.1, 0.15) is 36.9 Å². The van der Waals surface area contributed by atoms with Crippen LogP contribution >= 0.6 is 11.3 Å². The van der Waals surface area contributed by atoms with Crippen molar-refractivity contribution in [3.8, 4) is 0 Å². The van der Waals surface area contributed by atoms with E-state index in [1.165, 1.54) is 21.7 Å². The van der Waals surface area contributed by atoms with E-state index in [1.54, 1.807) is 0 Å². The zero-order chi connectivity index (χ0) is 12.0. The number of rotatable bonds is 6. The molecule has 2 heteroatoms. The van der Waals surface area contributed by atoms with Crippen molar-refractivity contribution in [2.24, 2.45) is 5.92 Å². The van der Waals surface area contributed by atoms with E-state index in [9.17, 15) is 0 Å². The van der Waals surface area contributed by atoms with Crippen LogP contribution in [0.4, 0.5) is 0 Å². The van der Waals surface area contributed by atoms with Crippen LogP contribution in [0.3, 0.4) is 0 Å². The molecule has 1 heterocycles. The molecule has 0 saturated carbocycles. The molecule has 0 aromatic carbocycles. The average Bonchev–Trinajstić information content (AvgIpc) is 2.63. The van der Waals surface area contributed by atoms with Gasteiger partial charge in [-0.05, 0) is 44.0 Å². The minimum Gasteiger partial charge on any atom is -0.313 e. The first-order valence-corrected chi connectivity index (χ1v) is 6.92. The van der Waals surface area contributed by atoms with Gasteiger partial charge in [0.05, 0.1) is 0 Å². The molecule has 0 aliphatic rings. The summed E-state index contributed by atoms with van der Waals surface area (Å²) in [6.07, 6.45) is 3.54. The molecule has 0 radical (unpaired) electrons. The van der Waals surface area contributed by atoms with Gasteiger partial charge in [-0.3, -0.25) is 0 Å². The van der Waals surface area contributed by atoms with E-state index in [2.05, 4.69) is 51.2 Å². The van der Waals surface area contributed by atoms with Crippen molar-refractivity contribution in [2.75, 3.05) is 13.1 Å². The number of nitrogens with one attached hydrogen (secondary N) is 1. The third kappa shape index (κ3) is 4.50. The Morgan fingerprint density at radius 2 is 2.19 bits per heavy atom. The first-order valence-electron chi connectivity index (χ1n) is 6.11. The molecule has 0 aliphatic carbocycles. The van der Waals surface area contributed by atoms with Crippen molar-refractivity contribution in [1.29, 1.82) is 0 Å². The summed E-state index contributed by atoms with van der Waals surface area (Å²) in [5, 5.41) is 3.48. The van der Waals surface area contributed by atoms with Crippen molar-refractivity contribution < 1.29 is 0 Å². The molecule has 0 saturated heterocycles. The highest BCUT2D eigenvalue weighted by Gasteiger charge is 2.03. The summed E-state index contributed by atoms with van der Waals surface area (Å²) in [5.74, 6) is 0.617. The van der Waals surface area contributed by atoms with E-state index in [-0.39, 0.29) is 0 Å². The fourth-order valence-electron chi connectivity index (χ4n) is 1.55. The molecule has 1 aromatic heterocycles. The Morgan fingerprint density at radius 1 is 1.44 bits per heavy atom. The van der Waals surface area contributed by atoms with Crippen LogP contribution < -0.4 is 5.32 Å². The van der Waals surface area contributed by atoms with Crippen LogP contribution in [0.5, 0.6) is 0 Å². The van der Waals surface area contributed by atoms with Gasteiger partial charge in [0, 0.05) is 16.3 Å².